The number of nitro groups is 1. The fraction of sp³-hybridized carbons (Fsp3) is 0.364. The highest BCUT2D eigenvalue weighted by Crippen LogP contribution is 2.16. The highest BCUT2D eigenvalue weighted by Gasteiger charge is 2.24. The van der Waals surface area contributed by atoms with Gasteiger partial charge in [-0.1, -0.05) is 6.08 Å². The molecule has 1 rings (SSSR count). The number of hydrogen-bond acceptors (Lipinski definition) is 4. The molecule has 0 aliphatic heterocycles. The average molecular weight is 253 g/mol. The van der Waals surface area contributed by atoms with Crippen molar-refractivity contribution in [2.75, 3.05) is 19.7 Å². The number of aromatic nitrogens is 1. The van der Waals surface area contributed by atoms with E-state index in [9.17, 15) is 14.9 Å². The minimum atomic E-state index is -0.555. The first-order valence-electron chi connectivity index (χ1n) is 5.34. The van der Waals surface area contributed by atoms with Crippen LogP contribution < -0.4 is 0 Å². The molecule has 7 nitrogen and oxygen atoms in total. The number of nitrogens with zero attached hydrogens (tertiary/aromatic N) is 3. The van der Waals surface area contributed by atoms with Crippen LogP contribution in [0.5, 0.6) is 0 Å². The maximum absolute atomic E-state index is 12.1. The zero-order valence-electron chi connectivity index (χ0n) is 10.1. The zero-order chi connectivity index (χ0) is 13.7. The van der Waals surface area contributed by atoms with Crippen LogP contribution in [0.3, 0.4) is 0 Å². The molecule has 0 fully saturated rings. The molecule has 0 aliphatic carbocycles. The Kier molecular flexibility index (Phi) is 4.61. The fourth-order valence-corrected chi connectivity index (χ4v) is 1.61. The molecule has 1 N–H and O–H groups in total. The predicted molar refractivity (Wildman–Crippen MR) is 65.3 cm³/mol. The summed E-state index contributed by atoms with van der Waals surface area (Å²) < 4.78 is 1.22. The summed E-state index contributed by atoms with van der Waals surface area (Å²) in [6.07, 6.45) is 1.53. The quantitative estimate of drug-likeness (QED) is 0.455. The average Bonchev–Trinajstić information content (AvgIpc) is 2.70. The van der Waals surface area contributed by atoms with Crippen molar-refractivity contribution in [1.29, 1.82) is 0 Å². The Balaban J connectivity index is 3.01. The van der Waals surface area contributed by atoms with E-state index < -0.39 is 4.92 Å². The summed E-state index contributed by atoms with van der Waals surface area (Å²) in [4.78, 5) is 23.6. The molecule has 1 aromatic heterocycles. The van der Waals surface area contributed by atoms with E-state index in [1.807, 2.05) is 0 Å². The van der Waals surface area contributed by atoms with Gasteiger partial charge in [-0.05, 0) is 11.0 Å². The number of aliphatic hydroxyl groups excluding tert-OH is 1. The van der Waals surface area contributed by atoms with Gasteiger partial charge in [0.2, 0.25) is 0 Å². The van der Waals surface area contributed by atoms with Gasteiger partial charge in [-0.25, -0.2) is 4.57 Å². The number of hydrogen-bond donors (Lipinski definition) is 1. The second kappa shape index (κ2) is 5.97. The third kappa shape index (κ3) is 2.75. The monoisotopic (exact) mass is 253 g/mol. The minimum absolute atomic E-state index is 0.152. The van der Waals surface area contributed by atoms with Gasteiger partial charge >= 0.3 is 5.82 Å². The van der Waals surface area contributed by atoms with Crippen molar-refractivity contribution in [1.82, 2.24) is 9.47 Å². The molecule has 0 unspecified atom stereocenters. The third-order valence-corrected chi connectivity index (χ3v) is 2.51. The largest absolute Gasteiger partial charge is 0.395 e. The van der Waals surface area contributed by atoms with E-state index >= 15 is 0 Å². The smallest absolute Gasteiger partial charge is 0.323 e. The van der Waals surface area contributed by atoms with Gasteiger partial charge in [-0.3, -0.25) is 4.79 Å². The maximum atomic E-state index is 12.1. The van der Waals surface area contributed by atoms with E-state index in [-0.39, 0.29) is 37.1 Å². The number of amides is 1. The first-order chi connectivity index (χ1) is 8.52. The van der Waals surface area contributed by atoms with Crippen molar-refractivity contribution in [3.63, 3.8) is 0 Å². The highest BCUT2D eigenvalue weighted by atomic mass is 16.6. The molecule has 0 radical (unpaired) electrons. The third-order valence-electron chi connectivity index (χ3n) is 2.51. The van der Waals surface area contributed by atoms with Gasteiger partial charge in [-0.2, -0.15) is 0 Å². The Morgan fingerprint density at radius 1 is 1.67 bits per heavy atom. The Hall–Kier alpha value is -2.15. The lowest BCUT2D eigenvalue weighted by Crippen LogP contribution is -2.34. The molecule has 0 spiro atoms. The van der Waals surface area contributed by atoms with Crippen LogP contribution in [0.25, 0.3) is 0 Å². The van der Waals surface area contributed by atoms with Gasteiger partial charge in [0, 0.05) is 19.2 Å². The van der Waals surface area contributed by atoms with Crippen LogP contribution in [0, 0.1) is 10.1 Å². The van der Waals surface area contributed by atoms with E-state index in [1.54, 1.807) is 0 Å². The molecule has 1 amide bonds. The molecule has 0 aliphatic rings. The van der Waals surface area contributed by atoms with Gasteiger partial charge in [0.15, 0.2) is 5.69 Å². The van der Waals surface area contributed by atoms with E-state index in [2.05, 4.69) is 6.58 Å². The molecule has 1 heterocycles. The van der Waals surface area contributed by atoms with Gasteiger partial charge in [0.25, 0.3) is 5.91 Å². The number of aliphatic hydroxyl groups is 1. The zero-order valence-corrected chi connectivity index (χ0v) is 10.1. The van der Waals surface area contributed by atoms with Crippen molar-refractivity contribution in [2.24, 2.45) is 7.05 Å². The highest BCUT2D eigenvalue weighted by molar-refractivity contribution is 5.93. The van der Waals surface area contributed by atoms with Crippen LogP contribution in [-0.4, -0.2) is 45.1 Å². The molecule has 0 aromatic carbocycles. The van der Waals surface area contributed by atoms with Crippen LogP contribution >= 0.6 is 0 Å². The molecule has 7 heteroatoms. The standard InChI is InChI=1S/C11H15N3O4/c1-3-6-13(7-8-15)11(16)9-4-5-10(12(9)2)14(17)18/h3-5,15H,1,6-8H2,2H3. The Labute approximate surface area is 104 Å². The summed E-state index contributed by atoms with van der Waals surface area (Å²) >= 11 is 0. The van der Waals surface area contributed by atoms with E-state index in [4.69, 9.17) is 5.11 Å². The predicted octanol–water partition coefficient (Wildman–Crippen LogP) is 0.554. The topological polar surface area (TPSA) is 88.6 Å². The summed E-state index contributed by atoms with van der Waals surface area (Å²) in [6, 6.07) is 2.67. The van der Waals surface area contributed by atoms with Gasteiger partial charge < -0.3 is 20.1 Å². The normalized spacial score (nSPS) is 10.1. The van der Waals surface area contributed by atoms with Gasteiger partial charge in [0.05, 0.1) is 13.7 Å². The van der Waals surface area contributed by atoms with Crippen LogP contribution in [-0.2, 0) is 7.05 Å². The first kappa shape index (κ1) is 13.9. The van der Waals surface area contributed by atoms with E-state index in [0.717, 1.165) is 0 Å². The molecule has 98 valence electrons. The summed E-state index contributed by atoms with van der Waals surface area (Å²) in [7, 11) is 1.45. The summed E-state index contributed by atoms with van der Waals surface area (Å²) in [5, 5.41) is 19.6. The number of carbonyl (C=O) groups excluding carboxylic acids is 1. The van der Waals surface area contributed by atoms with Crippen molar-refractivity contribution < 1.29 is 14.8 Å². The summed E-state index contributed by atoms with van der Waals surface area (Å²) in [6.45, 7) is 3.78. The second-order valence-electron chi connectivity index (χ2n) is 3.66. The number of rotatable bonds is 6. The second-order valence-corrected chi connectivity index (χ2v) is 3.66. The molecular weight excluding hydrogens is 238 g/mol. The summed E-state index contributed by atoms with van der Waals surface area (Å²) in [5.41, 5.74) is 0.206. The molecule has 1 aromatic rings. The lowest BCUT2D eigenvalue weighted by atomic mass is 10.3. The van der Waals surface area contributed by atoms with Gasteiger partial charge in [0.1, 0.15) is 0 Å². The van der Waals surface area contributed by atoms with Crippen molar-refractivity contribution >= 4 is 11.7 Å². The van der Waals surface area contributed by atoms with Crippen LogP contribution in [0.4, 0.5) is 5.82 Å². The SMILES string of the molecule is C=CCN(CCO)C(=O)c1ccc([N+](=O)[O-])n1C. The van der Waals surface area contributed by atoms with E-state index in [1.165, 1.54) is 34.7 Å². The Morgan fingerprint density at radius 2 is 2.33 bits per heavy atom. The number of carbonyl (C=O) groups is 1. The summed E-state index contributed by atoms with van der Waals surface area (Å²) in [5.74, 6) is -0.527. The van der Waals surface area contributed by atoms with Crippen LogP contribution in [0.15, 0.2) is 24.8 Å². The molecule has 0 saturated carbocycles. The first-order valence-corrected chi connectivity index (χ1v) is 5.34. The Bertz CT molecular complexity index is 467. The lowest BCUT2D eigenvalue weighted by Gasteiger charge is -2.18. The molecule has 0 saturated heterocycles. The Morgan fingerprint density at radius 3 is 2.78 bits per heavy atom. The molecule has 0 atom stereocenters. The van der Waals surface area contributed by atoms with Gasteiger partial charge in [-0.15, -0.1) is 6.58 Å². The fourth-order valence-electron chi connectivity index (χ4n) is 1.61. The van der Waals surface area contributed by atoms with Crippen molar-refractivity contribution in [2.45, 2.75) is 0 Å². The lowest BCUT2D eigenvalue weighted by molar-refractivity contribution is -0.391. The van der Waals surface area contributed by atoms with Crippen LogP contribution in [0.1, 0.15) is 10.5 Å². The van der Waals surface area contributed by atoms with E-state index in [0.29, 0.717) is 0 Å². The van der Waals surface area contributed by atoms with Crippen molar-refractivity contribution in [3.05, 3.63) is 40.6 Å². The maximum Gasteiger partial charge on any atom is 0.323 e. The molecular formula is C11H15N3O4. The van der Waals surface area contributed by atoms with Crippen molar-refractivity contribution in [3.8, 4) is 0 Å². The minimum Gasteiger partial charge on any atom is -0.395 e. The molecule has 18 heavy (non-hydrogen) atoms. The van der Waals surface area contributed by atoms with Crippen LogP contribution in [0.2, 0.25) is 0 Å². The molecule has 0 bridgehead atoms.